The molecular formula is C16H24N4O3. The van der Waals surface area contributed by atoms with Crippen molar-refractivity contribution in [2.24, 2.45) is 0 Å². The smallest absolute Gasteiger partial charge is 0.272 e. The molecule has 1 N–H and O–H groups in total. The summed E-state index contributed by atoms with van der Waals surface area (Å²) in [5.74, 6) is -0.0302. The fourth-order valence-electron chi connectivity index (χ4n) is 3.00. The number of carbonyl (C=O) groups is 1. The number of carbonyl (C=O) groups excluding carboxylic acids is 1. The Hall–Kier alpha value is -1.73. The molecule has 126 valence electrons. The molecule has 2 saturated heterocycles. The van der Waals surface area contributed by atoms with Crippen molar-refractivity contribution in [3.05, 3.63) is 17.5 Å². The maximum Gasteiger partial charge on any atom is 0.272 e. The predicted octanol–water partition coefficient (Wildman–Crippen LogP) is 1.58. The molecule has 2 aliphatic rings. The van der Waals surface area contributed by atoms with Crippen LogP contribution in [0.2, 0.25) is 0 Å². The Bertz CT molecular complexity index is 575. The molecule has 0 bridgehead atoms. The summed E-state index contributed by atoms with van der Waals surface area (Å²) in [6.45, 7) is 8.42. The average Bonchev–Trinajstić information content (AvgIpc) is 2.94. The summed E-state index contributed by atoms with van der Waals surface area (Å²) in [6, 6.07) is 1.95. The number of anilines is 1. The Morgan fingerprint density at radius 3 is 2.52 bits per heavy atom. The van der Waals surface area contributed by atoms with Crippen LogP contribution in [0.4, 0.5) is 5.95 Å². The fraction of sp³-hybridized carbons (Fsp3) is 0.688. The van der Waals surface area contributed by atoms with E-state index in [0.717, 1.165) is 5.69 Å². The Morgan fingerprint density at radius 1 is 1.26 bits per heavy atom. The van der Waals surface area contributed by atoms with Crippen LogP contribution in [-0.2, 0) is 9.47 Å². The van der Waals surface area contributed by atoms with Gasteiger partial charge in [-0.2, -0.15) is 0 Å². The number of amides is 1. The van der Waals surface area contributed by atoms with Crippen molar-refractivity contribution in [2.75, 3.05) is 31.6 Å². The Labute approximate surface area is 136 Å². The van der Waals surface area contributed by atoms with Crippen LogP contribution < -0.4 is 5.32 Å². The standard InChI is InChI=1S/C16H24N4O3/c1-11(2)17-15-18-12(3)10-13(19-15)14(21)20-6-4-16(5-7-20)22-8-9-23-16/h10-11H,4-9H2,1-3H3,(H,17,18,19). The van der Waals surface area contributed by atoms with Crippen molar-refractivity contribution >= 4 is 11.9 Å². The minimum atomic E-state index is -0.470. The second kappa shape index (κ2) is 6.41. The number of ether oxygens (including phenoxy) is 2. The molecule has 1 spiro atoms. The van der Waals surface area contributed by atoms with Gasteiger partial charge < -0.3 is 19.7 Å². The Morgan fingerprint density at radius 2 is 1.91 bits per heavy atom. The Balaban J connectivity index is 1.69. The first kappa shape index (κ1) is 16.1. The second-order valence-corrected chi connectivity index (χ2v) is 6.42. The molecule has 0 aromatic carbocycles. The van der Waals surface area contributed by atoms with Crippen molar-refractivity contribution < 1.29 is 14.3 Å². The minimum Gasteiger partial charge on any atom is -0.352 e. The molecule has 23 heavy (non-hydrogen) atoms. The van der Waals surface area contributed by atoms with Crippen molar-refractivity contribution in [2.45, 2.75) is 45.4 Å². The number of nitrogens with zero attached hydrogens (tertiary/aromatic N) is 3. The summed E-state index contributed by atoms with van der Waals surface area (Å²) in [6.07, 6.45) is 1.42. The van der Waals surface area contributed by atoms with Crippen molar-refractivity contribution in [1.82, 2.24) is 14.9 Å². The molecule has 3 rings (SSSR count). The highest BCUT2D eigenvalue weighted by Gasteiger charge is 2.41. The number of aryl methyl sites for hydroxylation is 1. The van der Waals surface area contributed by atoms with E-state index in [-0.39, 0.29) is 11.9 Å². The van der Waals surface area contributed by atoms with Gasteiger partial charge in [0.25, 0.3) is 5.91 Å². The van der Waals surface area contributed by atoms with Crippen LogP contribution in [0.25, 0.3) is 0 Å². The third kappa shape index (κ3) is 3.61. The highest BCUT2D eigenvalue weighted by atomic mass is 16.7. The van der Waals surface area contributed by atoms with E-state index in [2.05, 4.69) is 15.3 Å². The molecule has 0 aliphatic carbocycles. The first-order valence-corrected chi connectivity index (χ1v) is 8.17. The van der Waals surface area contributed by atoms with Crippen LogP contribution in [-0.4, -0.2) is 58.9 Å². The van der Waals surface area contributed by atoms with Gasteiger partial charge in [0.05, 0.1) is 13.2 Å². The van der Waals surface area contributed by atoms with Crippen LogP contribution in [0, 0.1) is 6.92 Å². The largest absolute Gasteiger partial charge is 0.352 e. The van der Waals surface area contributed by atoms with Gasteiger partial charge in [-0.1, -0.05) is 0 Å². The minimum absolute atomic E-state index is 0.0600. The summed E-state index contributed by atoms with van der Waals surface area (Å²) in [5, 5.41) is 3.15. The van der Waals surface area contributed by atoms with Gasteiger partial charge in [0.1, 0.15) is 5.69 Å². The molecule has 7 nitrogen and oxygen atoms in total. The van der Waals surface area contributed by atoms with Gasteiger partial charge in [-0.3, -0.25) is 4.79 Å². The first-order chi connectivity index (χ1) is 11.0. The van der Waals surface area contributed by atoms with Crippen molar-refractivity contribution in [3.8, 4) is 0 Å². The molecule has 1 amide bonds. The summed E-state index contributed by atoms with van der Waals surface area (Å²) in [4.78, 5) is 23.2. The SMILES string of the molecule is Cc1cc(C(=O)N2CCC3(CC2)OCCO3)nc(NC(C)C)n1. The van der Waals surface area contributed by atoms with Gasteiger partial charge in [-0.05, 0) is 26.8 Å². The zero-order chi connectivity index (χ0) is 16.4. The number of aromatic nitrogens is 2. The maximum absolute atomic E-state index is 12.7. The first-order valence-electron chi connectivity index (χ1n) is 8.17. The number of hydrogen-bond acceptors (Lipinski definition) is 6. The highest BCUT2D eigenvalue weighted by molar-refractivity contribution is 5.92. The lowest BCUT2D eigenvalue weighted by molar-refractivity contribution is -0.181. The summed E-state index contributed by atoms with van der Waals surface area (Å²) < 4.78 is 11.4. The maximum atomic E-state index is 12.7. The van der Waals surface area contributed by atoms with E-state index in [0.29, 0.717) is 50.8 Å². The zero-order valence-electron chi connectivity index (χ0n) is 14.0. The quantitative estimate of drug-likeness (QED) is 0.911. The monoisotopic (exact) mass is 320 g/mol. The normalized spacial score (nSPS) is 20.3. The van der Waals surface area contributed by atoms with E-state index < -0.39 is 5.79 Å². The predicted molar refractivity (Wildman–Crippen MR) is 85.3 cm³/mol. The van der Waals surface area contributed by atoms with Crippen LogP contribution >= 0.6 is 0 Å². The van der Waals surface area contributed by atoms with Crippen LogP contribution in [0.15, 0.2) is 6.07 Å². The molecule has 1 aromatic rings. The number of piperidine rings is 1. The summed E-state index contributed by atoms with van der Waals surface area (Å²) in [5.41, 5.74) is 1.22. The van der Waals surface area contributed by atoms with Crippen LogP contribution in [0.5, 0.6) is 0 Å². The zero-order valence-corrected chi connectivity index (χ0v) is 14.0. The topological polar surface area (TPSA) is 76.6 Å². The number of likely N-dealkylation sites (tertiary alicyclic amines) is 1. The molecule has 0 unspecified atom stereocenters. The molecule has 0 atom stereocenters. The van der Waals surface area contributed by atoms with E-state index >= 15 is 0 Å². The molecule has 1 aromatic heterocycles. The van der Waals surface area contributed by atoms with E-state index in [4.69, 9.17) is 9.47 Å². The molecular weight excluding hydrogens is 296 g/mol. The molecule has 3 heterocycles. The van der Waals surface area contributed by atoms with E-state index in [1.165, 1.54) is 0 Å². The van der Waals surface area contributed by atoms with Gasteiger partial charge in [0.2, 0.25) is 5.95 Å². The number of nitrogens with one attached hydrogen (secondary N) is 1. The number of rotatable bonds is 3. The highest BCUT2D eigenvalue weighted by Crippen LogP contribution is 2.31. The van der Waals surface area contributed by atoms with Gasteiger partial charge in [-0.15, -0.1) is 0 Å². The van der Waals surface area contributed by atoms with Gasteiger partial charge in [-0.25, -0.2) is 9.97 Å². The number of hydrogen-bond donors (Lipinski definition) is 1. The molecule has 7 heteroatoms. The van der Waals surface area contributed by atoms with Crippen LogP contribution in [0.3, 0.4) is 0 Å². The van der Waals surface area contributed by atoms with Gasteiger partial charge in [0.15, 0.2) is 5.79 Å². The van der Waals surface area contributed by atoms with Crippen LogP contribution in [0.1, 0.15) is 42.9 Å². The molecule has 0 saturated carbocycles. The summed E-state index contributed by atoms with van der Waals surface area (Å²) >= 11 is 0. The van der Waals surface area contributed by atoms with Crippen molar-refractivity contribution in [1.29, 1.82) is 0 Å². The second-order valence-electron chi connectivity index (χ2n) is 6.42. The average molecular weight is 320 g/mol. The molecule has 2 fully saturated rings. The third-order valence-electron chi connectivity index (χ3n) is 4.12. The lowest BCUT2D eigenvalue weighted by atomic mass is 10.0. The van der Waals surface area contributed by atoms with E-state index in [9.17, 15) is 4.79 Å². The molecule has 0 radical (unpaired) electrons. The lowest BCUT2D eigenvalue weighted by Crippen LogP contribution is -2.47. The Kier molecular flexibility index (Phi) is 4.50. The van der Waals surface area contributed by atoms with E-state index in [1.807, 2.05) is 25.7 Å². The van der Waals surface area contributed by atoms with Gasteiger partial charge in [0, 0.05) is 37.7 Å². The lowest BCUT2D eigenvalue weighted by Gasteiger charge is -2.37. The third-order valence-corrected chi connectivity index (χ3v) is 4.12. The van der Waals surface area contributed by atoms with Crippen molar-refractivity contribution in [3.63, 3.8) is 0 Å². The molecule has 2 aliphatic heterocycles. The van der Waals surface area contributed by atoms with E-state index in [1.54, 1.807) is 6.07 Å². The fourth-order valence-corrected chi connectivity index (χ4v) is 3.00. The summed E-state index contributed by atoms with van der Waals surface area (Å²) in [7, 11) is 0. The van der Waals surface area contributed by atoms with Gasteiger partial charge >= 0.3 is 0 Å².